The lowest BCUT2D eigenvalue weighted by molar-refractivity contribution is -0.121. The van der Waals surface area contributed by atoms with Gasteiger partial charge in [-0.15, -0.1) is 0 Å². The van der Waals surface area contributed by atoms with Crippen LogP contribution in [-0.2, 0) is 4.79 Å². The number of nitrogens with one attached hydrogen (secondary N) is 3. The van der Waals surface area contributed by atoms with E-state index in [2.05, 4.69) is 34.8 Å². The van der Waals surface area contributed by atoms with Crippen LogP contribution in [0.4, 0.5) is 0 Å². The molecule has 0 bridgehead atoms. The molecule has 0 aromatic carbocycles. The van der Waals surface area contributed by atoms with Crippen molar-refractivity contribution in [2.75, 3.05) is 13.1 Å². The SMILES string of the molecule is CCNC(=NCCC(=O)NC1CCCC1)NC1CC1C. The van der Waals surface area contributed by atoms with Gasteiger partial charge in [-0.2, -0.15) is 0 Å². The molecule has 0 heterocycles. The van der Waals surface area contributed by atoms with Crippen molar-refractivity contribution in [2.24, 2.45) is 10.9 Å². The second kappa shape index (κ2) is 7.50. The van der Waals surface area contributed by atoms with Gasteiger partial charge in [-0.05, 0) is 32.1 Å². The average Bonchev–Trinajstić information content (AvgIpc) is 2.89. The summed E-state index contributed by atoms with van der Waals surface area (Å²) in [6.07, 6.45) is 6.46. The minimum atomic E-state index is 0.135. The lowest BCUT2D eigenvalue weighted by Crippen LogP contribution is -2.39. The van der Waals surface area contributed by atoms with E-state index >= 15 is 0 Å². The van der Waals surface area contributed by atoms with Crippen LogP contribution in [0.15, 0.2) is 4.99 Å². The number of carbonyl (C=O) groups is 1. The van der Waals surface area contributed by atoms with Crippen LogP contribution in [0.25, 0.3) is 0 Å². The molecule has 2 saturated carbocycles. The number of amides is 1. The Morgan fingerprint density at radius 1 is 1.25 bits per heavy atom. The van der Waals surface area contributed by atoms with Crippen LogP contribution in [0.5, 0.6) is 0 Å². The maximum atomic E-state index is 11.8. The van der Waals surface area contributed by atoms with Crippen LogP contribution < -0.4 is 16.0 Å². The molecule has 3 N–H and O–H groups in total. The fourth-order valence-electron chi connectivity index (χ4n) is 2.66. The fourth-order valence-corrected chi connectivity index (χ4v) is 2.66. The summed E-state index contributed by atoms with van der Waals surface area (Å²) >= 11 is 0. The van der Waals surface area contributed by atoms with E-state index in [4.69, 9.17) is 0 Å². The van der Waals surface area contributed by atoms with Gasteiger partial charge >= 0.3 is 0 Å². The first-order valence-corrected chi connectivity index (χ1v) is 8.03. The quantitative estimate of drug-likeness (QED) is 0.509. The standard InChI is InChI=1S/C15H28N4O/c1-3-16-15(19-13-10-11(13)2)17-9-8-14(20)18-12-6-4-5-7-12/h11-13H,3-10H2,1-2H3,(H,18,20)(H2,16,17,19). The van der Waals surface area contributed by atoms with Crippen molar-refractivity contribution in [3.8, 4) is 0 Å². The molecular weight excluding hydrogens is 252 g/mol. The summed E-state index contributed by atoms with van der Waals surface area (Å²) in [5.74, 6) is 1.72. The van der Waals surface area contributed by atoms with Gasteiger partial charge < -0.3 is 16.0 Å². The van der Waals surface area contributed by atoms with E-state index in [1.807, 2.05) is 0 Å². The van der Waals surface area contributed by atoms with Crippen LogP contribution >= 0.6 is 0 Å². The van der Waals surface area contributed by atoms with Crippen molar-refractivity contribution in [1.82, 2.24) is 16.0 Å². The van der Waals surface area contributed by atoms with Crippen molar-refractivity contribution in [1.29, 1.82) is 0 Å². The average molecular weight is 280 g/mol. The van der Waals surface area contributed by atoms with E-state index in [-0.39, 0.29) is 5.91 Å². The zero-order valence-electron chi connectivity index (χ0n) is 12.7. The van der Waals surface area contributed by atoms with Gasteiger partial charge in [-0.3, -0.25) is 9.79 Å². The highest BCUT2D eigenvalue weighted by Gasteiger charge is 2.33. The number of rotatable bonds is 6. The van der Waals surface area contributed by atoms with Gasteiger partial charge in [0.05, 0.1) is 6.54 Å². The van der Waals surface area contributed by atoms with Gasteiger partial charge in [0.15, 0.2) is 5.96 Å². The number of hydrogen-bond acceptors (Lipinski definition) is 2. The second-order valence-electron chi connectivity index (χ2n) is 6.02. The number of nitrogens with zero attached hydrogens (tertiary/aromatic N) is 1. The Morgan fingerprint density at radius 2 is 1.95 bits per heavy atom. The molecular formula is C15H28N4O. The number of carbonyl (C=O) groups excluding carboxylic acids is 1. The summed E-state index contributed by atoms with van der Waals surface area (Å²) in [5.41, 5.74) is 0. The minimum absolute atomic E-state index is 0.135. The van der Waals surface area contributed by atoms with Gasteiger partial charge in [0.25, 0.3) is 0 Å². The largest absolute Gasteiger partial charge is 0.357 e. The maximum absolute atomic E-state index is 11.8. The predicted octanol–water partition coefficient (Wildman–Crippen LogP) is 1.40. The molecule has 2 aliphatic rings. The Balaban J connectivity index is 1.67. The Hall–Kier alpha value is -1.26. The van der Waals surface area contributed by atoms with Crippen molar-refractivity contribution in [3.05, 3.63) is 0 Å². The first kappa shape index (κ1) is 15.1. The molecule has 0 aromatic rings. The molecule has 0 saturated heterocycles. The lowest BCUT2D eigenvalue weighted by Gasteiger charge is -2.12. The van der Waals surface area contributed by atoms with E-state index in [1.165, 1.54) is 19.3 Å². The Bertz CT molecular complexity index is 350. The molecule has 5 heteroatoms. The van der Waals surface area contributed by atoms with Crippen molar-refractivity contribution >= 4 is 11.9 Å². The highest BCUT2D eigenvalue weighted by Crippen LogP contribution is 2.28. The molecule has 2 atom stereocenters. The van der Waals surface area contributed by atoms with Crippen LogP contribution in [0, 0.1) is 5.92 Å². The maximum Gasteiger partial charge on any atom is 0.222 e. The van der Waals surface area contributed by atoms with Crippen molar-refractivity contribution in [3.63, 3.8) is 0 Å². The molecule has 20 heavy (non-hydrogen) atoms. The summed E-state index contributed by atoms with van der Waals surface area (Å²) in [5, 5.41) is 9.72. The van der Waals surface area contributed by atoms with Crippen LogP contribution in [0.1, 0.15) is 52.4 Å². The Morgan fingerprint density at radius 3 is 2.55 bits per heavy atom. The summed E-state index contributed by atoms with van der Waals surface area (Å²) in [7, 11) is 0. The molecule has 2 fully saturated rings. The van der Waals surface area contributed by atoms with Crippen LogP contribution in [0.3, 0.4) is 0 Å². The van der Waals surface area contributed by atoms with Crippen LogP contribution in [-0.4, -0.2) is 37.0 Å². The van der Waals surface area contributed by atoms with Gasteiger partial charge in [-0.1, -0.05) is 19.8 Å². The molecule has 2 aliphatic carbocycles. The second-order valence-corrected chi connectivity index (χ2v) is 6.02. The lowest BCUT2D eigenvalue weighted by atomic mass is 10.2. The van der Waals surface area contributed by atoms with Crippen molar-refractivity contribution in [2.45, 2.75) is 64.5 Å². The topological polar surface area (TPSA) is 65.5 Å². The molecule has 114 valence electrons. The molecule has 0 radical (unpaired) electrons. The van der Waals surface area contributed by atoms with Gasteiger partial charge in [0, 0.05) is 25.0 Å². The smallest absolute Gasteiger partial charge is 0.222 e. The fraction of sp³-hybridized carbons (Fsp3) is 0.867. The number of hydrogen-bond donors (Lipinski definition) is 3. The highest BCUT2D eigenvalue weighted by atomic mass is 16.1. The molecule has 5 nitrogen and oxygen atoms in total. The van der Waals surface area contributed by atoms with E-state index in [0.717, 1.165) is 31.3 Å². The minimum Gasteiger partial charge on any atom is -0.357 e. The summed E-state index contributed by atoms with van der Waals surface area (Å²) in [6, 6.07) is 0.963. The van der Waals surface area contributed by atoms with E-state index in [0.29, 0.717) is 25.0 Å². The first-order chi connectivity index (χ1) is 9.69. The van der Waals surface area contributed by atoms with Gasteiger partial charge in [-0.25, -0.2) is 0 Å². The summed E-state index contributed by atoms with van der Waals surface area (Å²) in [4.78, 5) is 16.3. The summed E-state index contributed by atoms with van der Waals surface area (Å²) < 4.78 is 0. The predicted molar refractivity (Wildman–Crippen MR) is 81.7 cm³/mol. The van der Waals surface area contributed by atoms with Gasteiger partial charge in [0.1, 0.15) is 0 Å². The van der Waals surface area contributed by atoms with E-state index in [9.17, 15) is 4.79 Å². The molecule has 1 amide bonds. The molecule has 2 unspecified atom stereocenters. The van der Waals surface area contributed by atoms with E-state index in [1.54, 1.807) is 0 Å². The molecule has 0 aromatic heterocycles. The normalized spacial score (nSPS) is 26.4. The third kappa shape index (κ3) is 5.02. The van der Waals surface area contributed by atoms with Gasteiger partial charge in [0.2, 0.25) is 5.91 Å². The summed E-state index contributed by atoms with van der Waals surface area (Å²) in [6.45, 7) is 5.69. The third-order valence-corrected chi connectivity index (χ3v) is 4.10. The van der Waals surface area contributed by atoms with Crippen LogP contribution in [0.2, 0.25) is 0 Å². The molecule has 0 spiro atoms. The third-order valence-electron chi connectivity index (χ3n) is 4.10. The molecule has 0 aliphatic heterocycles. The van der Waals surface area contributed by atoms with Crippen molar-refractivity contribution < 1.29 is 4.79 Å². The highest BCUT2D eigenvalue weighted by molar-refractivity contribution is 5.81. The molecule has 2 rings (SSSR count). The zero-order valence-corrected chi connectivity index (χ0v) is 12.7. The monoisotopic (exact) mass is 280 g/mol. The zero-order chi connectivity index (χ0) is 14.4. The number of aliphatic imine (C=N–C) groups is 1. The Kier molecular flexibility index (Phi) is 5.68. The number of guanidine groups is 1. The Labute approximate surface area is 122 Å². The first-order valence-electron chi connectivity index (χ1n) is 8.03. The van der Waals surface area contributed by atoms with E-state index < -0.39 is 0 Å².